The Bertz CT molecular complexity index is 1280. The van der Waals surface area contributed by atoms with E-state index in [0.717, 1.165) is 53.4 Å². The number of hydrogen-bond acceptors (Lipinski definition) is 6. The zero-order valence-electron chi connectivity index (χ0n) is 17.2. The van der Waals surface area contributed by atoms with Crippen LogP contribution in [0.25, 0.3) is 16.9 Å². The number of nitrogens with zero attached hydrogens (tertiary/aromatic N) is 4. The topological polar surface area (TPSA) is 110 Å². The average molecular weight is 413 g/mol. The maximum Gasteiger partial charge on any atom is 0.267 e. The van der Waals surface area contributed by atoms with E-state index in [1.807, 2.05) is 31.2 Å². The third-order valence-electron chi connectivity index (χ3n) is 5.54. The standard InChI is InChI=1S/C23H23N7O/c1-14-20(18-8-5-9-19(21(24)31)30(18)29-14)23-27-17-10-11-25-13-16(17)22(28-23)26-12-15-6-3-2-4-7-15/h2-9,25H,10-13H2,1H3,(H2,24,31)(H,26,27,28). The number of nitrogens with two attached hydrogens (primary N) is 1. The molecule has 0 fully saturated rings. The number of aryl methyl sites for hydroxylation is 1. The number of nitrogens with one attached hydrogen (secondary N) is 2. The number of carbonyl (C=O) groups excluding carboxylic acids is 1. The van der Waals surface area contributed by atoms with Gasteiger partial charge in [0.1, 0.15) is 11.5 Å². The highest BCUT2D eigenvalue weighted by molar-refractivity contribution is 5.93. The quantitative estimate of drug-likeness (QED) is 0.464. The van der Waals surface area contributed by atoms with Gasteiger partial charge in [-0.25, -0.2) is 14.5 Å². The number of benzene rings is 1. The average Bonchev–Trinajstić information content (AvgIpc) is 3.13. The van der Waals surface area contributed by atoms with Crippen molar-refractivity contribution in [1.29, 1.82) is 0 Å². The summed E-state index contributed by atoms with van der Waals surface area (Å²) in [5.41, 5.74) is 11.5. The van der Waals surface area contributed by atoms with Crippen LogP contribution in [0.2, 0.25) is 0 Å². The number of anilines is 1. The van der Waals surface area contributed by atoms with Crippen molar-refractivity contribution in [2.75, 3.05) is 11.9 Å². The van der Waals surface area contributed by atoms with Crippen LogP contribution in [-0.2, 0) is 19.5 Å². The summed E-state index contributed by atoms with van der Waals surface area (Å²) in [4.78, 5) is 21.6. The van der Waals surface area contributed by atoms with Gasteiger partial charge in [0.05, 0.1) is 22.5 Å². The van der Waals surface area contributed by atoms with Crippen LogP contribution in [0.5, 0.6) is 0 Å². The van der Waals surface area contributed by atoms with E-state index in [-0.39, 0.29) is 0 Å². The van der Waals surface area contributed by atoms with Gasteiger partial charge in [0.15, 0.2) is 5.82 Å². The summed E-state index contributed by atoms with van der Waals surface area (Å²) in [5, 5.41) is 11.5. The number of pyridine rings is 1. The molecule has 1 aliphatic rings. The Balaban J connectivity index is 1.62. The molecule has 1 aromatic carbocycles. The summed E-state index contributed by atoms with van der Waals surface area (Å²) in [6, 6.07) is 15.6. The molecule has 0 saturated heterocycles. The molecular weight excluding hydrogens is 390 g/mol. The normalized spacial score (nSPS) is 13.2. The number of amides is 1. The van der Waals surface area contributed by atoms with Crippen LogP contribution >= 0.6 is 0 Å². The van der Waals surface area contributed by atoms with Gasteiger partial charge >= 0.3 is 0 Å². The first kappa shape index (κ1) is 19.2. The second kappa shape index (κ2) is 7.81. The Hall–Kier alpha value is -3.78. The van der Waals surface area contributed by atoms with Crippen molar-refractivity contribution in [3.05, 3.63) is 76.7 Å². The second-order valence-corrected chi connectivity index (χ2v) is 7.62. The van der Waals surface area contributed by atoms with Crippen molar-refractivity contribution in [3.63, 3.8) is 0 Å². The third-order valence-corrected chi connectivity index (χ3v) is 5.54. The maximum absolute atomic E-state index is 11.9. The lowest BCUT2D eigenvalue weighted by Gasteiger charge is -2.21. The Morgan fingerprint density at radius 1 is 1.16 bits per heavy atom. The van der Waals surface area contributed by atoms with Gasteiger partial charge in [0.25, 0.3) is 5.91 Å². The van der Waals surface area contributed by atoms with Crippen molar-refractivity contribution < 1.29 is 4.79 Å². The highest BCUT2D eigenvalue weighted by Gasteiger charge is 2.22. The number of carbonyl (C=O) groups is 1. The van der Waals surface area contributed by atoms with E-state index in [1.54, 1.807) is 16.6 Å². The fourth-order valence-electron chi connectivity index (χ4n) is 4.03. The first-order chi connectivity index (χ1) is 15.1. The lowest BCUT2D eigenvalue weighted by Crippen LogP contribution is -2.26. The molecule has 1 amide bonds. The molecule has 4 aromatic rings. The molecule has 0 saturated carbocycles. The molecule has 3 aromatic heterocycles. The van der Waals surface area contributed by atoms with Gasteiger partial charge in [-0.3, -0.25) is 4.79 Å². The van der Waals surface area contributed by atoms with E-state index < -0.39 is 5.91 Å². The van der Waals surface area contributed by atoms with Gasteiger partial charge in [0.2, 0.25) is 0 Å². The predicted molar refractivity (Wildman–Crippen MR) is 119 cm³/mol. The van der Waals surface area contributed by atoms with E-state index in [2.05, 4.69) is 27.9 Å². The van der Waals surface area contributed by atoms with Gasteiger partial charge in [-0.1, -0.05) is 36.4 Å². The maximum atomic E-state index is 11.9. The molecule has 0 radical (unpaired) electrons. The number of hydrogen-bond donors (Lipinski definition) is 3. The number of rotatable bonds is 5. The highest BCUT2D eigenvalue weighted by Crippen LogP contribution is 2.30. The van der Waals surface area contributed by atoms with E-state index in [1.165, 1.54) is 5.56 Å². The summed E-state index contributed by atoms with van der Waals surface area (Å²) in [5.74, 6) is 0.897. The van der Waals surface area contributed by atoms with Crippen LogP contribution in [0.4, 0.5) is 5.82 Å². The molecule has 1 aliphatic heterocycles. The van der Waals surface area contributed by atoms with Crippen LogP contribution in [0.1, 0.15) is 33.0 Å². The van der Waals surface area contributed by atoms with E-state index in [9.17, 15) is 4.79 Å². The zero-order chi connectivity index (χ0) is 21.4. The highest BCUT2D eigenvalue weighted by atomic mass is 16.1. The molecular formula is C23H23N7O. The van der Waals surface area contributed by atoms with Gasteiger partial charge in [0, 0.05) is 31.6 Å². The van der Waals surface area contributed by atoms with Crippen LogP contribution in [-0.4, -0.2) is 32.0 Å². The first-order valence-corrected chi connectivity index (χ1v) is 10.3. The van der Waals surface area contributed by atoms with Crippen LogP contribution in [0.3, 0.4) is 0 Å². The first-order valence-electron chi connectivity index (χ1n) is 10.3. The lowest BCUT2D eigenvalue weighted by atomic mass is 10.1. The van der Waals surface area contributed by atoms with Gasteiger partial charge in [-0.15, -0.1) is 0 Å². The molecule has 4 heterocycles. The minimum absolute atomic E-state index is 0.330. The molecule has 0 spiro atoms. The third kappa shape index (κ3) is 3.51. The summed E-state index contributed by atoms with van der Waals surface area (Å²) in [7, 11) is 0. The van der Waals surface area contributed by atoms with Crippen LogP contribution < -0.4 is 16.4 Å². The lowest BCUT2D eigenvalue weighted by molar-refractivity contribution is 0.0993. The molecule has 156 valence electrons. The largest absolute Gasteiger partial charge is 0.366 e. The fourth-order valence-corrected chi connectivity index (χ4v) is 4.03. The van der Waals surface area contributed by atoms with Crippen LogP contribution in [0.15, 0.2) is 48.5 Å². The number of aromatic nitrogens is 4. The molecule has 0 unspecified atom stereocenters. The summed E-state index contributed by atoms with van der Waals surface area (Å²) < 4.78 is 1.58. The molecule has 0 bridgehead atoms. The molecule has 0 aliphatic carbocycles. The Morgan fingerprint density at radius 3 is 2.81 bits per heavy atom. The number of primary amides is 1. The minimum atomic E-state index is -0.526. The van der Waals surface area contributed by atoms with Gasteiger partial charge in [-0.05, 0) is 24.6 Å². The summed E-state index contributed by atoms with van der Waals surface area (Å²) in [6.07, 6.45) is 0.829. The van der Waals surface area contributed by atoms with Crippen molar-refractivity contribution in [2.45, 2.75) is 26.4 Å². The Morgan fingerprint density at radius 2 is 2.00 bits per heavy atom. The second-order valence-electron chi connectivity index (χ2n) is 7.62. The van der Waals surface area contributed by atoms with Crippen molar-refractivity contribution in [3.8, 4) is 11.4 Å². The van der Waals surface area contributed by atoms with E-state index in [0.29, 0.717) is 18.1 Å². The van der Waals surface area contributed by atoms with E-state index >= 15 is 0 Å². The summed E-state index contributed by atoms with van der Waals surface area (Å²) >= 11 is 0. The summed E-state index contributed by atoms with van der Waals surface area (Å²) in [6.45, 7) is 4.17. The smallest absolute Gasteiger partial charge is 0.267 e. The van der Waals surface area contributed by atoms with Gasteiger partial charge in [-0.2, -0.15) is 5.10 Å². The van der Waals surface area contributed by atoms with Crippen LogP contribution in [0, 0.1) is 6.92 Å². The SMILES string of the molecule is Cc1nn2c(C(N)=O)cccc2c1-c1nc2c(c(NCc3ccccc3)n1)CNCC2. The monoisotopic (exact) mass is 413 g/mol. The minimum Gasteiger partial charge on any atom is -0.366 e. The number of fused-ring (bicyclic) bond motifs is 2. The molecule has 0 atom stereocenters. The van der Waals surface area contributed by atoms with Gasteiger partial charge < -0.3 is 16.4 Å². The Labute approximate surface area is 179 Å². The fraction of sp³-hybridized carbons (Fsp3) is 0.217. The van der Waals surface area contributed by atoms with Crippen molar-refractivity contribution in [1.82, 2.24) is 24.9 Å². The molecule has 31 heavy (non-hydrogen) atoms. The van der Waals surface area contributed by atoms with Crippen molar-refractivity contribution in [2.24, 2.45) is 5.73 Å². The zero-order valence-corrected chi connectivity index (χ0v) is 17.2. The molecule has 4 N–H and O–H groups in total. The van der Waals surface area contributed by atoms with E-state index in [4.69, 9.17) is 15.7 Å². The Kier molecular flexibility index (Phi) is 4.83. The molecule has 8 heteroatoms. The molecule has 8 nitrogen and oxygen atoms in total. The predicted octanol–water partition coefficient (Wildman–Crippen LogP) is 2.46. The van der Waals surface area contributed by atoms with Crippen molar-refractivity contribution >= 4 is 17.2 Å². The molecule has 5 rings (SSSR count).